The third kappa shape index (κ3) is 3.70. The van der Waals surface area contributed by atoms with E-state index in [0.717, 1.165) is 21.0 Å². The standard InChI is InChI=1S/C26H17BrN2O5/c27-17-1-3-22-16(9-17)10-20(26(31)33-22)19-11-24(30)34-25-18(19)2-4-23-21(25)13-29(14-32-23)12-15-5-7-28-8-6-15/h1-11H,12-14H2. The van der Waals surface area contributed by atoms with E-state index in [1.165, 1.54) is 6.07 Å². The summed E-state index contributed by atoms with van der Waals surface area (Å²) in [5, 5.41) is 1.39. The number of aromatic nitrogens is 1. The molecule has 5 aromatic rings. The Hall–Kier alpha value is -3.75. The van der Waals surface area contributed by atoms with Crippen LogP contribution >= 0.6 is 15.9 Å². The molecule has 0 fully saturated rings. The van der Waals surface area contributed by atoms with Crippen molar-refractivity contribution in [2.75, 3.05) is 6.73 Å². The molecule has 0 spiro atoms. The highest BCUT2D eigenvalue weighted by Gasteiger charge is 2.24. The van der Waals surface area contributed by atoms with Crippen molar-refractivity contribution in [3.8, 4) is 16.9 Å². The summed E-state index contributed by atoms with van der Waals surface area (Å²) in [6, 6.07) is 16.0. The number of pyridine rings is 1. The summed E-state index contributed by atoms with van der Waals surface area (Å²) in [4.78, 5) is 31.6. The van der Waals surface area contributed by atoms with Gasteiger partial charge in [0, 0.05) is 52.4 Å². The number of ether oxygens (including phenoxy) is 1. The molecule has 7 nitrogen and oxygen atoms in total. The van der Waals surface area contributed by atoms with Crippen LogP contribution in [0.5, 0.6) is 5.75 Å². The molecule has 0 atom stereocenters. The van der Waals surface area contributed by atoms with E-state index in [-0.39, 0.29) is 0 Å². The van der Waals surface area contributed by atoms with Crippen molar-refractivity contribution >= 4 is 37.9 Å². The molecule has 168 valence electrons. The van der Waals surface area contributed by atoms with E-state index in [0.29, 0.717) is 53.2 Å². The zero-order chi connectivity index (χ0) is 23.2. The monoisotopic (exact) mass is 516 g/mol. The van der Waals surface area contributed by atoms with Crippen LogP contribution < -0.4 is 16.0 Å². The van der Waals surface area contributed by atoms with Crippen LogP contribution in [0.1, 0.15) is 11.1 Å². The predicted molar refractivity (Wildman–Crippen MR) is 131 cm³/mol. The van der Waals surface area contributed by atoms with Crippen LogP contribution in [0.3, 0.4) is 0 Å². The van der Waals surface area contributed by atoms with Crippen LogP contribution in [-0.2, 0) is 13.1 Å². The highest BCUT2D eigenvalue weighted by atomic mass is 79.9. The first-order valence-corrected chi connectivity index (χ1v) is 11.4. The minimum absolute atomic E-state index is 0.300. The number of benzene rings is 2. The fourth-order valence-corrected chi connectivity index (χ4v) is 4.71. The van der Waals surface area contributed by atoms with Gasteiger partial charge < -0.3 is 13.6 Å². The van der Waals surface area contributed by atoms with Crippen molar-refractivity contribution in [1.82, 2.24) is 9.88 Å². The molecule has 2 aromatic carbocycles. The Labute approximate surface area is 201 Å². The largest absolute Gasteiger partial charge is 0.478 e. The lowest BCUT2D eigenvalue weighted by molar-refractivity contribution is 0.0889. The average molecular weight is 517 g/mol. The van der Waals surface area contributed by atoms with Crippen LogP contribution in [0.15, 0.2) is 89.9 Å². The van der Waals surface area contributed by atoms with Gasteiger partial charge in [0.15, 0.2) is 0 Å². The summed E-state index contributed by atoms with van der Waals surface area (Å²) in [5.74, 6) is 0.660. The highest BCUT2D eigenvalue weighted by Crippen LogP contribution is 2.36. The van der Waals surface area contributed by atoms with Gasteiger partial charge in [-0.2, -0.15) is 0 Å². The number of nitrogens with zero attached hydrogens (tertiary/aromatic N) is 2. The molecule has 6 rings (SSSR count). The second-order valence-electron chi connectivity index (χ2n) is 8.14. The summed E-state index contributed by atoms with van der Waals surface area (Å²) < 4.78 is 18.0. The zero-order valence-corrected chi connectivity index (χ0v) is 19.4. The van der Waals surface area contributed by atoms with E-state index in [4.69, 9.17) is 13.6 Å². The molecule has 1 aliphatic heterocycles. The van der Waals surface area contributed by atoms with E-state index < -0.39 is 11.3 Å². The van der Waals surface area contributed by atoms with Gasteiger partial charge in [0.05, 0.1) is 11.1 Å². The van der Waals surface area contributed by atoms with Crippen LogP contribution in [0, 0.1) is 0 Å². The predicted octanol–water partition coefficient (Wildman–Crippen LogP) is 5.08. The lowest BCUT2D eigenvalue weighted by Gasteiger charge is -2.29. The first-order valence-electron chi connectivity index (χ1n) is 10.6. The van der Waals surface area contributed by atoms with E-state index >= 15 is 0 Å². The SMILES string of the molecule is O=c1cc(-c2cc3cc(Br)ccc3oc2=O)c2ccc3c(c2o1)CN(Cc1ccncc1)CO3. The van der Waals surface area contributed by atoms with Gasteiger partial charge in [-0.05, 0) is 54.1 Å². The first-order chi connectivity index (χ1) is 16.5. The molecular formula is C26H17BrN2O5. The summed E-state index contributed by atoms with van der Waals surface area (Å²) in [6.45, 7) is 1.60. The molecule has 34 heavy (non-hydrogen) atoms. The minimum atomic E-state index is -0.545. The van der Waals surface area contributed by atoms with Crippen molar-refractivity contribution in [3.05, 3.63) is 103 Å². The normalized spacial score (nSPS) is 13.7. The van der Waals surface area contributed by atoms with Crippen molar-refractivity contribution in [3.63, 3.8) is 0 Å². The van der Waals surface area contributed by atoms with Crippen molar-refractivity contribution in [2.24, 2.45) is 0 Å². The molecule has 3 aromatic heterocycles. The molecule has 0 saturated carbocycles. The molecule has 0 radical (unpaired) electrons. The molecule has 0 amide bonds. The van der Waals surface area contributed by atoms with E-state index in [9.17, 15) is 9.59 Å². The third-order valence-electron chi connectivity index (χ3n) is 5.90. The number of halogens is 1. The molecule has 0 bridgehead atoms. The van der Waals surface area contributed by atoms with Gasteiger partial charge in [0.25, 0.3) is 0 Å². The smallest absolute Gasteiger partial charge is 0.344 e. The Morgan fingerprint density at radius 2 is 1.79 bits per heavy atom. The summed E-state index contributed by atoms with van der Waals surface area (Å²) in [5.41, 5.74) is 2.46. The van der Waals surface area contributed by atoms with Crippen LogP contribution in [0.4, 0.5) is 0 Å². The summed E-state index contributed by atoms with van der Waals surface area (Å²) in [7, 11) is 0. The van der Waals surface area contributed by atoms with Gasteiger partial charge in [0.1, 0.15) is 23.6 Å². The van der Waals surface area contributed by atoms with E-state index in [1.807, 2.05) is 36.4 Å². The molecule has 0 N–H and O–H groups in total. The Morgan fingerprint density at radius 1 is 0.941 bits per heavy atom. The Balaban J connectivity index is 1.49. The number of hydrogen-bond donors (Lipinski definition) is 0. The maximum atomic E-state index is 12.9. The lowest BCUT2D eigenvalue weighted by atomic mass is 9.99. The van der Waals surface area contributed by atoms with Gasteiger partial charge in [-0.25, -0.2) is 9.59 Å². The maximum Gasteiger partial charge on any atom is 0.344 e. The first kappa shape index (κ1) is 20.8. The van der Waals surface area contributed by atoms with Crippen LogP contribution in [0.25, 0.3) is 33.1 Å². The molecule has 4 heterocycles. The van der Waals surface area contributed by atoms with Crippen LogP contribution in [-0.4, -0.2) is 16.6 Å². The molecular weight excluding hydrogens is 500 g/mol. The van der Waals surface area contributed by atoms with Gasteiger partial charge in [-0.15, -0.1) is 0 Å². The molecule has 0 saturated heterocycles. The van der Waals surface area contributed by atoms with E-state index in [1.54, 1.807) is 24.5 Å². The average Bonchev–Trinajstić information content (AvgIpc) is 2.84. The highest BCUT2D eigenvalue weighted by molar-refractivity contribution is 9.10. The second kappa shape index (κ2) is 8.23. The number of fused-ring (bicyclic) bond motifs is 4. The topological polar surface area (TPSA) is 85.8 Å². The van der Waals surface area contributed by atoms with Crippen molar-refractivity contribution in [1.29, 1.82) is 0 Å². The number of hydrogen-bond acceptors (Lipinski definition) is 7. The molecule has 1 aliphatic rings. The Morgan fingerprint density at radius 3 is 2.65 bits per heavy atom. The zero-order valence-electron chi connectivity index (χ0n) is 17.8. The molecule has 0 unspecified atom stereocenters. The van der Waals surface area contributed by atoms with Gasteiger partial charge in [-0.1, -0.05) is 15.9 Å². The fraction of sp³-hybridized carbons (Fsp3) is 0.115. The second-order valence-corrected chi connectivity index (χ2v) is 9.06. The summed E-state index contributed by atoms with van der Waals surface area (Å²) in [6.07, 6.45) is 3.50. The van der Waals surface area contributed by atoms with Gasteiger partial charge in [0.2, 0.25) is 0 Å². The quantitative estimate of drug-likeness (QED) is 0.309. The Kier molecular flexibility index (Phi) is 5.04. The molecule has 8 heteroatoms. The van der Waals surface area contributed by atoms with Crippen molar-refractivity contribution < 1.29 is 13.6 Å². The van der Waals surface area contributed by atoms with Gasteiger partial charge in [-0.3, -0.25) is 9.88 Å². The molecule has 0 aliphatic carbocycles. The van der Waals surface area contributed by atoms with Gasteiger partial charge >= 0.3 is 11.3 Å². The number of rotatable bonds is 3. The fourth-order valence-electron chi connectivity index (χ4n) is 4.33. The lowest BCUT2D eigenvalue weighted by Crippen LogP contribution is -2.31. The van der Waals surface area contributed by atoms with Crippen molar-refractivity contribution in [2.45, 2.75) is 13.1 Å². The third-order valence-corrected chi connectivity index (χ3v) is 6.39. The van der Waals surface area contributed by atoms with Crippen LogP contribution in [0.2, 0.25) is 0 Å². The minimum Gasteiger partial charge on any atom is -0.478 e. The maximum absolute atomic E-state index is 12.9. The summed E-state index contributed by atoms with van der Waals surface area (Å²) >= 11 is 3.45. The Bertz CT molecular complexity index is 1680. The van der Waals surface area contributed by atoms with E-state index in [2.05, 4.69) is 25.8 Å².